The standard InChI is InChI=1S/C20H21ClFNO/c21-18-5-1-17(2-6-18)20(24)11-14-23-12-9-16(10-13-23)15-3-7-19(22)8-4-15/h1-9,20,24H,10-14H2. The van der Waals surface area contributed by atoms with Gasteiger partial charge in [-0.1, -0.05) is 41.9 Å². The van der Waals surface area contributed by atoms with E-state index in [9.17, 15) is 9.50 Å². The highest BCUT2D eigenvalue weighted by atomic mass is 35.5. The summed E-state index contributed by atoms with van der Waals surface area (Å²) in [5.74, 6) is -0.201. The van der Waals surface area contributed by atoms with Crippen LogP contribution in [0.25, 0.3) is 5.57 Å². The molecule has 0 saturated heterocycles. The van der Waals surface area contributed by atoms with Crippen molar-refractivity contribution in [3.05, 3.63) is 76.6 Å². The van der Waals surface area contributed by atoms with Crippen molar-refractivity contribution in [2.45, 2.75) is 18.9 Å². The maximum Gasteiger partial charge on any atom is 0.123 e. The average Bonchev–Trinajstić information content (AvgIpc) is 2.61. The lowest BCUT2D eigenvalue weighted by Crippen LogP contribution is -2.30. The van der Waals surface area contributed by atoms with Crippen molar-refractivity contribution in [2.75, 3.05) is 19.6 Å². The van der Waals surface area contributed by atoms with Crippen molar-refractivity contribution in [3.63, 3.8) is 0 Å². The minimum Gasteiger partial charge on any atom is -0.388 e. The Hall–Kier alpha value is -1.68. The molecule has 0 fully saturated rings. The molecule has 1 unspecified atom stereocenters. The Labute approximate surface area is 147 Å². The number of hydrogen-bond acceptors (Lipinski definition) is 2. The van der Waals surface area contributed by atoms with E-state index >= 15 is 0 Å². The van der Waals surface area contributed by atoms with E-state index in [1.807, 2.05) is 24.3 Å². The van der Waals surface area contributed by atoms with Gasteiger partial charge in [-0.3, -0.25) is 4.90 Å². The summed E-state index contributed by atoms with van der Waals surface area (Å²) in [4.78, 5) is 2.33. The second kappa shape index (κ2) is 7.93. The van der Waals surface area contributed by atoms with Gasteiger partial charge in [-0.15, -0.1) is 0 Å². The zero-order valence-corrected chi connectivity index (χ0v) is 14.2. The molecule has 1 aliphatic rings. The fourth-order valence-electron chi connectivity index (χ4n) is 3.00. The Morgan fingerprint density at radius 3 is 2.42 bits per heavy atom. The summed E-state index contributed by atoms with van der Waals surface area (Å²) in [7, 11) is 0. The molecule has 4 heteroatoms. The lowest BCUT2D eigenvalue weighted by Gasteiger charge is -2.27. The van der Waals surface area contributed by atoms with Gasteiger partial charge in [0.1, 0.15) is 5.82 Å². The first-order valence-electron chi connectivity index (χ1n) is 8.22. The Kier molecular flexibility index (Phi) is 5.67. The molecule has 0 aliphatic carbocycles. The van der Waals surface area contributed by atoms with Crippen molar-refractivity contribution >= 4 is 17.2 Å². The van der Waals surface area contributed by atoms with Gasteiger partial charge in [0.15, 0.2) is 0 Å². The summed E-state index contributed by atoms with van der Waals surface area (Å²) in [6.45, 7) is 2.66. The third-order valence-corrected chi connectivity index (χ3v) is 4.73. The van der Waals surface area contributed by atoms with Crippen molar-refractivity contribution in [1.29, 1.82) is 0 Å². The zero-order chi connectivity index (χ0) is 16.9. The smallest absolute Gasteiger partial charge is 0.123 e. The van der Waals surface area contributed by atoms with Crippen molar-refractivity contribution < 1.29 is 9.50 Å². The topological polar surface area (TPSA) is 23.5 Å². The van der Waals surface area contributed by atoms with E-state index in [-0.39, 0.29) is 5.82 Å². The molecule has 1 atom stereocenters. The Bertz CT molecular complexity index is 697. The first-order valence-corrected chi connectivity index (χ1v) is 8.60. The van der Waals surface area contributed by atoms with Gasteiger partial charge in [-0.05, 0) is 53.8 Å². The van der Waals surface area contributed by atoms with Crippen LogP contribution in [0.4, 0.5) is 4.39 Å². The summed E-state index contributed by atoms with van der Waals surface area (Å²) in [6, 6.07) is 14.0. The number of benzene rings is 2. The summed E-state index contributed by atoms with van der Waals surface area (Å²) >= 11 is 5.87. The van der Waals surface area contributed by atoms with Crippen LogP contribution in [0, 0.1) is 5.82 Å². The maximum atomic E-state index is 13.0. The van der Waals surface area contributed by atoms with Crippen LogP contribution in [-0.2, 0) is 0 Å². The predicted molar refractivity (Wildman–Crippen MR) is 96.5 cm³/mol. The van der Waals surface area contributed by atoms with E-state index in [2.05, 4.69) is 11.0 Å². The highest BCUT2D eigenvalue weighted by molar-refractivity contribution is 6.30. The van der Waals surface area contributed by atoms with E-state index < -0.39 is 6.10 Å². The molecule has 1 aliphatic heterocycles. The molecule has 2 nitrogen and oxygen atoms in total. The molecule has 0 spiro atoms. The van der Waals surface area contributed by atoms with Gasteiger partial charge in [0.05, 0.1) is 6.10 Å². The van der Waals surface area contributed by atoms with Crippen molar-refractivity contribution in [3.8, 4) is 0 Å². The van der Waals surface area contributed by atoms with Crippen LogP contribution in [0.15, 0.2) is 54.6 Å². The summed E-state index contributed by atoms with van der Waals surface area (Å²) < 4.78 is 13.0. The summed E-state index contributed by atoms with van der Waals surface area (Å²) in [6.07, 6.45) is 3.37. The summed E-state index contributed by atoms with van der Waals surface area (Å²) in [5.41, 5.74) is 3.26. The molecule has 0 radical (unpaired) electrons. The van der Waals surface area contributed by atoms with Crippen LogP contribution in [0.1, 0.15) is 30.1 Å². The van der Waals surface area contributed by atoms with E-state index in [0.29, 0.717) is 11.4 Å². The number of aliphatic hydroxyl groups is 1. The number of nitrogens with zero attached hydrogens (tertiary/aromatic N) is 1. The molecule has 1 heterocycles. The van der Waals surface area contributed by atoms with E-state index in [4.69, 9.17) is 11.6 Å². The van der Waals surface area contributed by atoms with E-state index in [1.165, 1.54) is 17.7 Å². The van der Waals surface area contributed by atoms with Gasteiger partial charge in [0.25, 0.3) is 0 Å². The highest BCUT2D eigenvalue weighted by Crippen LogP contribution is 2.24. The molecular weight excluding hydrogens is 325 g/mol. The van der Waals surface area contributed by atoms with Crippen molar-refractivity contribution in [1.82, 2.24) is 4.90 Å². The van der Waals surface area contributed by atoms with E-state index in [1.54, 1.807) is 12.1 Å². The second-order valence-corrected chi connectivity index (χ2v) is 6.58. The Balaban J connectivity index is 1.51. The molecular formula is C20H21ClFNO. The molecule has 0 aromatic heterocycles. The van der Waals surface area contributed by atoms with E-state index in [0.717, 1.165) is 37.2 Å². The fraction of sp³-hybridized carbons (Fsp3) is 0.300. The normalized spacial score (nSPS) is 16.7. The molecule has 1 N–H and O–H groups in total. The lowest BCUT2D eigenvalue weighted by atomic mass is 9.99. The monoisotopic (exact) mass is 345 g/mol. The third-order valence-electron chi connectivity index (χ3n) is 4.48. The van der Waals surface area contributed by atoms with Crippen LogP contribution in [0.5, 0.6) is 0 Å². The third kappa shape index (κ3) is 4.44. The maximum absolute atomic E-state index is 13.0. The Morgan fingerprint density at radius 1 is 1.08 bits per heavy atom. The van der Waals surface area contributed by atoms with Crippen LogP contribution in [0.3, 0.4) is 0 Å². The fourth-order valence-corrected chi connectivity index (χ4v) is 3.12. The van der Waals surface area contributed by atoms with Gasteiger partial charge in [-0.25, -0.2) is 4.39 Å². The second-order valence-electron chi connectivity index (χ2n) is 6.14. The highest BCUT2D eigenvalue weighted by Gasteiger charge is 2.15. The molecule has 0 bridgehead atoms. The SMILES string of the molecule is OC(CCN1CC=C(c2ccc(F)cc2)CC1)c1ccc(Cl)cc1. The molecule has 2 aromatic rings. The zero-order valence-electron chi connectivity index (χ0n) is 13.5. The predicted octanol–water partition coefficient (Wildman–Crippen LogP) is 4.69. The number of halogens is 2. The largest absolute Gasteiger partial charge is 0.388 e. The molecule has 2 aromatic carbocycles. The Morgan fingerprint density at radius 2 is 1.79 bits per heavy atom. The first-order chi connectivity index (χ1) is 11.6. The number of rotatable bonds is 5. The van der Waals surface area contributed by atoms with Gasteiger partial charge < -0.3 is 5.11 Å². The average molecular weight is 346 g/mol. The number of hydrogen-bond donors (Lipinski definition) is 1. The molecule has 3 rings (SSSR count). The number of aliphatic hydroxyl groups excluding tert-OH is 1. The molecule has 126 valence electrons. The van der Waals surface area contributed by atoms with Crippen LogP contribution < -0.4 is 0 Å². The quantitative estimate of drug-likeness (QED) is 0.849. The van der Waals surface area contributed by atoms with Gasteiger partial charge in [0.2, 0.25) is 0 Å². The van der Waals surface area contributed by atoms with Gasteiger partial charge in [0, 0.05) is 24.7 Å². The lowest BCUT2D eigenvalue weighted by molar-refractivity contribution is 0.145. The molecule has 0 saturated carbocycles. The summed E-state index contributed by atoms with van der Waals surface area (Å²) in [5, 5.41) is 11.0. The first kappa shape index (κ1) is 17.2. The minimum absolute atomic E-state index is 0.201. The van der Waals surface area contributed by atoms with Crippen molar-refractivity contribution in [2.24, 2.45) is 0 Å². The molecule has 24 heavy (non-hydrogen) atoms. The minimum atomic E-state index is -0.468. The van der Waals surface area contributed by atoms with Gasteiger partial charge in [-0.2, -0.15) is 0 Å². The molecule has 0 amide bonds. The van der Waals surface area contributed by atoms with Crippen LogP contribution >= 0.6 is 11.6 Å². The van der Waals surface area contributed by atoms with Crippen LogP contribution in [-0.4, -0.2) is 29.6 Å². The van der Waals surface area contributed by atoms with Gasteiger partial charge >= 0.3 is 0 Å². The van der Waals surface area contributed by atoms with Crippen LogP contribution in [0.2, 0.25) is 5.02 Å².